The Labute approximate surface area is 170 Å². The Hall–Kier alpha value is -2.61. The Morgan fingerprint density at radius 1 is 1.14 bits per heavy atom. The second-order valence-corrected chi connectivity index (χ2v) is 7.83. The average molecular weight is 411 g/mol. The number of thioether (sulfide) groups is 1. The number of aromatic nitrogens is 3. The molecule has 2 N–H and O–H groups in total. The van der Waals surface area contributed by atoms with E-state index in [1.807, 2.05) is 18.2 Å². The Bertz CT molecular complexity index is 1180. The first-order valence-corrected chi connectivity index (χ1v) is 10.0. The summed E-state index contributed by atoms with van der Waals surface area (Å²) in [7, 11) is 0. The van der Waals surface area contributed by atoms with Crippen LogP contribution in [0, 0.1) is 0 Å². The van der Waals surface area contributed by atoms with Gasteiger partial charge in [0.1, 0.15) is 10.8 Å². The SMILES string of the molecule is Nc1nc(SCc2cnco2)cc(-c2c(Cl)cc3c4c(cccc24)COC3)n1. The summed E-state index contributed by atoms with van der Waals surface area (Å²) in [4.78, 5) is 12.7. The van der Waals surface area contributed by atoms with E-state index in [1.54, 1.807) is 6.20 Å². The van der Waals surface area contributed by atoms with E-state index in [4.69, 9.17) is 26.5 Å². The van der Waals surface area contributed by atoms with Crippen LogP contribution in [0.3, 0.4) is 0 Å². The van der Waals surface area contributed by atoms with Crippen LogP contribution in [0.5, 0.6) is 0 Å². The van der Waals surface area contributed by atoms with Gasteiger partial charge in [-0.3, -0.25) is 0 Å². The van der Waals surface area contributed by atoms with Gasteiger partial charge in [-0.15, -0.1) is 0 Å². The van der Waals surface area contributed by atoms with Crippen LogP contribution in [0.15, 0.2) is 52.4 Å². The lowest BCUT2D eigenvalue weighted by atomic mass is 9.93. The standard InChI is InChI=1S/C20H15ClN4O2S/c21-15-4-12-8-26-7-11-2-1-3-14(18(11)12)19(15)16-5-17(25-20(22)24-16)28-9-13-6-23-10-27-13/h1-6,10H,7-9H2,(H2,22,24,25). The molecule has 0 spiro atoms. The maximum atomic E-state index is 6.67. The number of oxazole rings is 1. The zero-order valence-electron chi connectivity index (χ0n) is 14.7. The first-order chi connectivity index (χ1) is 13.7. The second kappa shape index (κ2) is 7.09. The maximum Gasteiger partial charge on any atom is 0.221 e. The van der Waals surface area contributed by atoms with E-state index in [9.17, 15) is 0 Å². The Kier molecular flexibility index (Phi) is 4.43. The third-order valence-electron chi connectivity index (χ3n) is 4.62. The molecule has 0 atom stereocenters. The Balaban J connectivity index is 1.62. The molecule has 0 saturated heterocycles. The van der Waals surface area contributed by atoms with Crippen molar-refractivity contribution in [3.05, 3.63) is 64.8 Å². The molecule has 5 rings (SSSR count). The summed E-state index contributed by atoms with van der Waals surface area (Å²) in [5.74, 6) is 1.57. The van der Waals surface area contributed by atoms with Gasteiger partial charge in [0.2, 0.25) is 5.95 Å². The molecule has 0 radical (unpaired) electrons. The molecule has 140 valence electrons. The highest BCUT2D eigenvalue weighted by Gasteiger charge is 2.20. The lowest BCUT2D eigenvalue weighted by Crippen LogP contribution is -2.05. The van der Waals surface area contributed by atoms with Crippen LogP contribution in [0.4, 0.5) is 5.95 Å². The van der Waals surface area contributed by atoms with Crippen molar-refractivity contribution in [3.63, 3.8) is 0 Å². The van der Waals surface area contributed by atoms with Gasteiger partial charge < -0.3 is 14.9 Å². The van der Waals surface area contributed by atoms with Gasteiger partial charge >= 0.3 is 0 Å². The molecule has 0 bridgehead atoms. The molecular formula is C20H15ClN4O2S. The van der Waals surface area contributed by atoms with Crippen molar-refractivity contribution < 1.29 is 9.15 Å². The molecular weight excluding hydrogens is 396 g/mol. The number of ether oxygens (including phenoxy) is 1. The van der Waals surface area contributed by atoms with E-state index < -0.39 is 0 Å². The fourth-order valence-electron chi connectivity index (χ4n) is 3.48. The number of anilines is 1. The summed E-state index contributed by atoms with van der Waals surface area (Å²) in [5.41, 5.74) is 9.81. The summed E-state index contributed by atoms with van der Waals surface area (Å²) in [6.07, 6.45) is 3.10. The van der Waals surface area contributed by atoms with E-state index in [1.165, 1.54) is 23.5 Å². The molecule has 0 saturated carbocycles. The molecule has 0 aliphatic carbocycles. The third kappa shape index (κ3) is 3.11. The molecule has 0 fully saturated rings. The molecule has 3 heterocycles. The molecule has 1 aliphatic heterocycles. The van der Waals surface area contributed by atoms with Crippen LogP contribution in [0.25, 0.3) is 22.0 Å². The third-order valence-corrected chi connectivity index (χ3v) is 5.85. The minimum atomic E-state index is 0.206. The zero-order chi connectivity index (χ0) is 19.1. The van der Waals surface area contributed by atoms with Crippen molar-refractivity contribution in [2.45, 2.75) is 24.0 Å². The van der Waals surface area contributed by atoms with E-state index in [-0.39, 0.29) is 5.95 Å². The van der Waals surface area contributed by atoms with Gasteiger partial charge in [-0.1, -0.05) is 41.6 Å². The van der Waals surface area contributed by atoms with E-state index in [2.05, 4.69) is 27.1 Å². The average Bonchev–Trinajstić information content (AvgIpc) is 3.20. The molecule has 4 aromatic rings. The van der Waals surface area contributed by atoms with Crippen LogP contribution in [-0.4, -0.2) is 15.0 Å². The van der Waals surface area contributed by atoms with Gasteiger partial charge in [-0.05, 0) is 34.0 Å². The maximum absolute atomic E-state index is 6.67. The van der Waals surface area contributed by atoms with Gasteiger partial charge in [0, 0.05) is 5.56 Å². The number of hydrogen-bond acceptors (Lipinski definition) is 7. The highest BCUT2D eigenvalue weighted by molar-refractivity contribution is 7.98. The summed E-state index contributed by atoms with van der Waals surface area (Å²) in [5, 5.41) is 3.60. The predicted octanol–water partition coefficient (Wildman–Crippen LogP) is 4.84. The molecule has 28 heavy (non-hydrogen) atoms. The van der Waals surface area contributed by atoms with Crippen molar-refractivity contribution in [1.29, 1.82) is 0 Å². The molecule has 8 heteroatoms. The predicted molar refractivity (Wildman–Crippen MR) is 109 cm³/mol. The first-order valence-electron chi connectivity index (χ1n) is 8.65. The Morgan fingerprint density at radius 2 is 2.04 bits per heavy atom. The summed E-state index contributed by atoms with van der Waals surface area (Å²) in [6.45, 7) is 1.15. The van der Waals surface area contributed by atoms with Crippen molar-refractivity contribution in [2.75, 3.05) is 5.73 Å². The number of benzene rings is 2. The fraction of sp³-hybridized carbons (Fsp3) is 0.150. The topological polar surface area (TPSA) is 87.1 Å². The second-order valence-electron chi connectivity index (χ2n) is 6.43. The van der Waals surface area contributed by atoms with Crippen LogP contribution >= 0.6 is 23.4 Å². The monoisotopic (exact) mass is 410 g/mol. The smallest absolute Gasteiger partial charge is 0.221 e. The minimum Gasteiger partial charge on any atom is -0.448 e. The minimum absolute atomic E-state index is 0.206. The lowest BCUT2D eigenvalue weighted by molar-refractivity contribution is 0.103. The van der Waals surface area contributed by atoms with Crippen LogP contribution in [-0.2, 0) is 23.7 Å². The summed E-state index contributed by atoms with van der Waals surface area (Å²) < 4.78 is 11.0. The lowest BCUT2D eigenvalue weighted by Gasteiger charge is -2.20. The van der Waals surface area contributed by atoms with Crippen LogP contribution in [0.1, 0.15) is 16.9 Å². The normalized spacial score (nSPS) is 13.2. The largest absolute Gasteiger partial charge is 0.448 e. The molecule has 1 aliphatic rings. The summed E-state index contributed by atoms with van der Waals surface area (Å²) >= 11 is 8.18. The van der Waals surface area contributed by atoms with Crippen LogP contribution < -0.4 is 5.73 Å². The number of halogens is 1. The van der Waals surface area contributed by atoms with Crippen LogP contribution in [0.2, 0.25) is 5.02 Å². The molecule has 2 aromatic heterocycles. The van der Waals surface area contributed by atoms with Gasteiger partial charge in [0.15, 0.2) is 6.39 Å². The molecule has 6 nitrogen and oxygen atoms in total. The van der Waals surface area contributed by atoms with Crippen molar-refractivity contribution in [3.8, 4) is 11.3 Å². The van der Waals surface area contributed by atoms with E-state index in [0.29, 0.717) is 29.7 Å². The van der Waals surface area contributed by atoms with Crippen molar-refractivity contribution in [2.24, 2.45) is 0 Å². The van der Waals surface area contributed by atoms with Gasteiger partial charge in [0.25, 0.3) is 0 Å². The number of nitrogens with two attached hydrogens (primary N) is 1. The number of nitrogens with zero attached hydrogens (tertiary/aromatic N) is 3. The quantitative estimate of drug-likeness (QED) is 0.380. The number of nitrogen functional groups attached to an aromatic ring is 1. The molecule has 0 amide bonds. The molecule has 2 aromatic carbocycles. The van der Waals surface area contributed by atoms with E-state index in [0.717, 1.165) is 32.9 Å². The number of rotatable bonds is 4. The summed E-state index contributed by atoms with van der Waals surface area (Å²) in [6, 6.07) is 10.0. The van der Waals surface area contributed by atoms with Gasteiger partial charge in [-0.2, -0.15) is 0 Å². The molecule has 0 unspecified atom stereocenters. The van der Waals surface area contributed by atoms with Crippen molar-refractivity contribution in [1.82, 2.24) is 15.0 Å². The fourth-order valence-corrected chi connectivity index (χ4v) is 4.60. The Morgan fingerprint density at radius 3 is 2.89 bits per heavy atom. The highest BCUT2D eigenvalue weighted by Crippen LogP contribution is 2.40. The van der Waals surface area contributed by atoms with Gasteiger partial charge in [0.05, 0.1) is 35.9 Å². The first kappa shape index (κ1) is 17.5. The number of hydrogen-bond donors (Lipinski definition) is 1. The zero-order valence-corrected chi connectivity index (χ0v) is 16.3. The highest BCUT2D eigenvalue weighted by atomic mass is 35.5. The van der Waals surface area contributed by atoms with Crippen molar-refractivity contribution >= 4 is 40.1 Å². The van der Waals surface area contributed by atoms with E-state index >= 15 is 0 Å². The van der Waals surface area contributed by atoms with Gasteiger partial charge in [-0.25, -0.2) is 15.0 Å².